The topological polar surface area (TPSA) is 92.5 Å². The fourth-order valence-corrected chi connectivity index (χ4v) is 8.74. The highest BCUT2D eigenvalue weighted by Gasteiger charge is 2.57. The summed E-state index contributed by atoms with van der Waals surface area (Å²) in [5.74, 6) is -0.686. The Hall–Kier alpha value is -3.58. The van der Waals surface area contributed by atoms with Crippen LogP contribution >= 0.6 is 0 Å². The van der Waals surface area contributed by atoms with Crippen LogP contribution in [0.4, 0.5) is 31.1 Å². The molecule has 1 saturated carbocycles. The summed E-state index contributed by atoms with van der Waals surface area (Å²) in [5.41, 5.74) is 0.634. The van der Waals surface area contributed by atoms with Crippen LogP contribution in [-0.4, -0.2) is 39.5 Å². The van der Waals surface area contributed by atoms with Crippen molar-refractivity contribution in [1.82, 2.24) is 10.2 Å². The molecule has 0 aliphatic heterocycles. The van der Waals surface area contributed by atoms with Crippen molar-refractivity contribution in [3.8, 4) is 0 Å². The van der Waals surface area contributed by atoms with Crippen LogP contribution in [-0.2, 0) is 27.7 Å². The molecule has 238 valence electrons. The lowest BCUT2D eigenvalue weighted by molar-refractivity contribution is -0.143. The number of nitrogens with two attached hydrogens (primary N) is 1. The second-order valence-corrected chi connectivity index (χ2v) is 13.3. The van der Waals surface area contributed by atoms with Gasteiger partial charge in [-0.15, -0.1) is 0 Å². The molecule has 0 spiro atoms. The van der Waals surface area contributed by atoms with Crippen molar-refractivity contribution in [3.05, 3.63) is 101 Å². The molecule has 0 aromatic heterocycles. The summed E-state index contributed by atoms with van der Waals surface area (Å²) in [4.78, 5) is 13.6. The Morgan fingerprint density at radius 3 is 1.80 bits per heavy atom. The number of alkyl halides is 6. The van der Waals surface area contributed by atoms with E-state index in [9.17, 15) is 39.6 Å². The number of nitrogens with zero attached hydrogens (tertiary/aromatic N) is 1. The van der Waals surface area contributed by atoms with E-state index in [0.717, 1.165) is 6.42 Å². The lowest BCUT2D eigenvalue weighted by atomic mass is 9.65. The van der Waals surface area contributed by atoms with E-state index in [1.54, 1.807) is 50.5 Å². The fraction of sp³-hybridized carbons (Fsp3) is 0.387. The third-order valence-corrected chi connectivity index (χ3v) is 10.4. The number of carbonyl (C=O) groups is 1. The van der Waals surface area contributed by atoms with Gasteiger partial charge in [0, 0.05) is 12.0 Å². The molecule has 4 rings (SSSR count). The molecule has 3 aromatic rings. The van der Waals surface area contributed by atoms with Crippen LogP contribution in [0, 0.1) is 5.92 Å². The normalized spacial score (nSPS) is 20.1. The zero-order valence-corrected chi connectivity index (χ0v) is 24.8. The van der Waals surface area contributed by atoms with Crippen molar-refractivity contribution in [2.45, 2.75) is 59.8 Å². The summed E-state index contributed by atoms with van der Waals surface area (Å²) in [6.07, 6.45) is -8.17. The zero-order chi connectivity index (χ0) is 32.5. The van der Waals surface area contributed by atoms with Crippen LogP contribution < -0.4 is 11.1 Å². The third-order valence-electron chi connectivity index (χ3n) is 8.28. The maximum absolute atomic E-state index is 14.9. The van der Waals surface area contributed by atoms with Gasteiger partial charge in [0.2, 0.25) is 0 Å². The molecule has 0 bridgehead atoms. The van der Waals surface area contributed by atoms with Crippen molar-refractivity contribution >= 4 is 15.9 Å². The maximum atomic E-state index is 14.9. The van der Waals surface area contributed by atoms with E-state index in [1.165, 1.54) is 24.3 Å². The molecule has 3 N–H and O–H groups in total. The Bertz CT molecular complexity index is 1530. The number of primary amides is 1. The molecule has 1 aliphatic rings. The van der Waals surface area contributed by atoms with Crippen LogP contribution in [0.3, 0.4) is 0 Å². The number of nitrogens with one attached hydrogen (secondary N) is 1. The van der Waals surface area contributed by atoms with Gasteiger partial charge >= 0.3 is 18.4 Å². The average Bonchev–Trinajstić information content (AvgIpc) is 2.96. The van der Waals surface area contributed by atoms with E-state index in [4.69, 9.17) is 5.73 Å². The molecular formula is C31H33F6N3O3S. The van der Waals surface area contributed by atoms with Gasteiger partial charge < -0.3 is 16.0 Å². The van der Waals surface area contributed by atoms with Gasteiger partial charge in [0.1, 0.15) is 5.25 Å². The van der Waals surface area contributed by atoms with Crippen molar-refractivity contribution in [1.29, 1.82) is 0 Å². The summed E-state index contributed by atoms with van der Waals surface area (Å²) in [6.45, 7) is 0. The Labute approximate surface area is 252 Å². The first-order valence-corrected chi connectivity index (χ1v) is 15.4. The number of halogens is 6. The van der Waals surface area contributed by atoms with Gasteiger partial charge in [-0.25, -0.2) is 13.2 Å². The minimum atomic E-state index is -5.28. The number of hydrogen-bond acceptors (Lipinski definition) is 4. The first-order chi connectivity index (χ1) is 20.5. The van der Waals surface area contributed by atoms with E-state index in [2.05, 4.69) is 5.32 Å². The van der Waals surface area contributed by atoms with Gasteiger partial charge in [-0.2, -0.15) is 26.3 Å². The minimum Gasteiger partial charge on any atom is -0.352 e. The van der Waals surface area contributed by atoms with Gasteiger partial charge in [-0.1, -0.05) is 73.5 Å². The highest BCUT2D eigenvalue weighted by Crippen LogP contribution is 2.53. The van der Waals surface area contributed by atoms with E-state index < -0.39 is 61.0 Å². The molecule has 6 nitrogen and oxygen atoms in total. The molecule has 1 fully saturated rings. The molecule has 2 amide bonds. The van der Waals surface area contributed by atoms with E-state index in [1.807, 2.05) is 4.90 Å². The van der Waals surface area contributed by atoms with Crippen LogP contribution in [0.5, 0.6) is 0 Å². The van der Waals surface area contributed by atoms with Gasteiger partial charge in [-0.05, 0) is 56.3 Å². The van der Waals surface area contributed by atoms with Gasteiger partial charge in [0.25, 0.3) is 0 Å². The second-order valence-electron chi connectivity index (χ2n) is 11.2. The fourth-order valence-electron chi connectivity index (χ4n) is 6.51. The molecule has 13 heteroatoms. The lowest BCUT2D eigenvalue weighted by Crippen LogP contribution is -2.62. The maximum Gasteiger partial charge on any atom is 0.416 e. The Balaban J connectivity index is 2.17. The summed E-state index contributed by atoms with van der Waals surface area (Å²) in [5, 5.41) is 0.829. The minimum absolute atomic E-state index is 0.0548. The predicted octanol–water partition coefficient (Wildman–Crippen LogP) is 6.92. The van der Waals surface area contributed by atoms with Gasteiger partial charge in [0.05, 0.1) is 21.6 Å². The molecule has 0 unspecified atom stereocenters. The Morgan fingerprint density at radius 1 is 0.818 bits per heavy atom. The molecular weight excluding hydrogens is 608 g/mol. The molecule has 44 heavy (non-hydrogen) atoms. The number of carbonyl (C=O) groups excluding carboxylic acids is 1. The molecule has 0 heterocycles. The zero-order valence-electron chi connectivity index (χ0n) is 24.0. The van der Waals surface area contributed by atoms with Gasteiger partial charge in [0.15, 0.2) is 9.84 Å². The highest BCUT2D eigenvalue weighted by atomic mass is 32.2. The molecule has 3 aromatic carbocycles. The van der Waals surface area contributed by atoms with E-state index in [-0.39, 0.29) is 35.4 Å². The van der Waals surface area contributed by atoms with E-state index >= 15 is 0 Å². The van der Waals surface area contributed by atoms with Crippen LogP contribution in [0.25, 0.3) is 0 Å². The first-order valence-electron chi connectivity index (χ1n) is 13.9. The predicted molar refractivity (Wildman–Crippen MR) is 153 cm³/mol. The third kappa shape index (κ3) is 6.58. The van der Waals surface area contributed by atoms with Crippen molar-refractivity contribution in [3.63, 3.8) is 0 Å². The van der Waals surface area contributed by atoms with E-state index in [0.29, 0.717) is 19.3 Å². The molecule has 4 atom stereocenters. The molecule has 0 saturated heterocycles. The van der Waals surface area contributed by atoms with Crippen molar-refractivity contribution in [2.75, 3.05) is 14.1 Å². The Morgan fingerprint density at radius 2 is 1.32 bits per heavy atom. The molecule has 0 radical (unpaired) electrons. The number of amides is 2. The second kappa shape index (κ2) is 12.4. The monoisotopic (exact) mass is 641 g/mol. The molecule has 1 aliphatic carbocycles. The van der Waals surface area contributed by atoms with Crippen molar-refractivity contribution < 1.29 is 39.6 Å². The Kier molecular flexibility index (Phi) is 9.41. The quantitative estimate of drug-likeness (QED) is 0.261. The SMILES string of the molecule is CN(C)[C@@H]1CCCC[C@H]1[C@@](NC(N)=O)(c1ccccc1)[C@@H](c1ccccc1)S(=O)(=O)c1cc(C(F)(F)F)cc(C(F)(F)F)c1. The van der Waals surface area contributed by atoms with Crippen molar-refractivity contribution in [2.24, 2.45) is 11.7 Å². The summed E-state index contributed by atoms with van der Waals surface area (Å²) in [7, 11) is -1.58. The van der Waals surface area contributed by atoms with Crippen LogP contribution in [0.15, 0.2) is 83.8 Å². The number of hydrogen-bond donors (Lipinski definition) is 2. The largest absolute Gasteiger partial charge is 0.416 e. The standard InChI is InChI=1S/C31H33F6N3O3S/c1-40(2)26-16-10-9-15-25(26)29(39-28(38)41,21-13-7-4-8-14-21)27(20-11-5-3-6-12-20)44(42,43)24-18-22(30(32,33)34)17-23(19-24)31(35,36)37/h3-8,11-14,17-19,25-27H,9-10,15-16H2,1-2H3,(H3,38,39,41)/t25-,26-,27-,29+/m1/s1. The van der Waals surface area contributed by atoms with Crippen LogP contribution in [0.2, 0.25) is 0 Å². The lowest BCUT2D eigenvalue weighted by Gasteiger charge is -2.52. The number of sulfone groups is 1. The number of rotatable bonds is 8. The average molecular weight is 642 g/mol. The number of benzene rings is 3. The van der Waals surface area contributed by atoms with Gasteiger partial charge in [-0.3, -0.25) is 0 Å². The first kappa shape index (κ1) is 33.3. The highest BCUT2D eigenvalue weighted by molar-refractivity contribution is 7.91. The smallest absolute Gasteiger partial charge is 0.352 e. The summed E-state index contributed by atoms with van der Waals surface area (Å²) in [6, 6.07) is 14.4. The number of urea groups is 1. The van der Waals surface area contributed by atoms with Crippen LogP contribution in [0.1, 0.15) is 53.2 Å². The summed E-state index contributed by atoms with van der Waals surface area (Å²) < 4.78 is 113. The summed E-state index contributed by atoms with van der Waals surface area (Å²) >= 11 is 0.